The fourth-order valence-electron chi connectivity index (χ4n) is 4.51. The van der Waals surface area contributed by atoms with Gasteiger partial charge in [0.1, 0.15) is 5.75 Å². The first-order valence-electron chi connectivity index (χ1n) is 11.2. The van der Waals surface area contributed by atoms with Crippen molar-refractivity contribution in [3.8, 4) is 5.75 Å². The van der Waals surface area contributed by atoms with Crippen molar-refractivity contribution in [1.82, 2.24) is 9.62 Å². The standard InChI is InChI=1S/C24H31N3O4S/c1-31-22-11-9-21(10-12-22)26-16-13-20(14-17-26)25-24(28)19-6-5-15-27(18-19)32(29,30)23-7-3-2-4-8-23/h2-4,7-12,19-20H,5-6,13-18H2,1H3,(H,25,28). The average Bonchev–Trinajstić information content (AvgIpc) is 2.85. The summed E-state index contributed by atoms with van der Waals surface area (Å²) in [7, 11) is -1.91. The van der Waals surface area contributed by atoms with Crippen molar-refractivity contribution in [3.05, 3.63) is 54.6 Å². The normalized spacial score (nSPS) is 20.7. The van der Waals surface area contributed by atoms with E-state index in [-0.39, 0.29) is 29.3 Å². The van der Waals surface area contributed by atoms with Crippen LogP contribution in [0.4, 0.5) is 5.69 Å². The molecular formula is C24H31N3O4S. The predicted molar refractivity (Wildman–Crippen MR) is 124 cm³/mol. The first-order valence-corrected chi connectivity index (χ1v) is 12.7. The number of benzene rings is 2. The van der Waals surface area contributed by atoms with Gasteiger partial charge in [0, 0.05) is 37.9 Å². The maximum absolute atomic E-state index is 12.9. The number of methoxy groups -OCH3 is 1. The van der Waals surface area contributed by atoms with Crippen LogP contribution in [0.1, 0.15) is 25.7 Å². The Morgan fingerprint density at radius 3 is 2.31 bits per heavy atom. The number of carbonyl (C=O) groups is 1. The molecule has 0 aliphatic carbocycles. The topological polar surface area (TPSA) is 79.0 Å². The second kappa shape index (κ2) is 9.92. The average molecular weight is 458 g/mol. The Kier molecular flexibility index (Phi) is 7.01. The number of hydrogen-bond donors (Lipinski definition) is 1. The summed E-state index contributed by atoms with van der Waals surface area (Å²) in [5.41, 5.74) is 1.16. The van der Waals surface area contributed by atoms with Gasteiger partial charge in [-0.2, -0.15) is 4.31 Å². The van der Waals surface area contributed by atoms with Crippen LogP contribution in [0.25, 0.3) is 0 Å². The highest BCUT2D eigenvalue weighted by molar-refractivity contribution is 7.89. The molecule has 0 radical (unpaired) electrons. The van der Waals surface area contributed by atoms with E-state index in [0.29, 0.717) is 13.0 Å². The van der Waals surface area contributed by atoms with Gasteiger partial charge in [0.2, 0.25) is 15.9 Å². The van der Waals surface area contributed by atoms with E-state index in [0.717, 1.165) is 43.8 Å². The van der Waals surface area contributed by atoms with Crippen molar-refractivity contribution in [2.75, 3.05) is 38.2 Å². The van der Waals surface area contributed by atoms with Gasteiger partial charge < -0.3 is 15.0 Å². The van der Waals surface area contributed by atoms with Crippen molar-refractivity contribution in [1.29, 1.82) is 0 Å². The van der Waals surface area contributed by atoms with E-state index in [4.69, 9.17) is 4.74 Å². The van der Waals surface area contributed by atoms with Crippen LogP contribution >= 0.6 is 0 Å². The van der Waals surface area contributed by atoms with Gasteiger partial charge in [0.15, 0.2) is 0 Å². The third kappa shape index (κ3) is 5.07. The molecule has 0 spiro atoms. The molecule has 32 heavy (non-hydrogen) atoms. The summed E-state index contributed by atoms with van der Waals surface area (Å²) in [4.78, 5) is 15.5. The zero-order chi connectivity index (χ0) is 22.6. The maximum Gasteiger partial charge on any atom is 0.243 e. The Labute approximate surface area is 190 Å². The summed E-state index contributed by atoms with van der Waals surface area (Å²) in [5, 5.41) is 3.18. The van der Waals surface area contributed by atoms with Crippen LogP contribution in [0, 0.1) is 5.92 Å². The van der Waals surface area contributed by atoms with E-state index >= 15 is 0 Å². The van der Waals surface area contributed by atoms with Gasteiger partial charge in [-0.3, -0.25) is 4.79 Å². The minimum Gasteiger partial charge on any atom is -0.497 e. The fourth-order valence-corrected chi connectivity index (χ4v) is 6.06. The smallest absolute Gasteiger partial charge is 0.243 e. The van der Waals surface area contributed by atoms with Crippen LogP contribution in [-0.4, -0.2) is 58.0 Å². The molecule has 2 heterocycles. The number of carbonyl (C=O) groups excluding carboxylic acids is 1. The summed E-state index contributed by atoms with van der Waals surface area (Å²) in [5.74, 6) is 0.509. The fraction of sp³-hybridized carbons (Fsp3) is 0.458. The number of rotatable bonds is 6. The van der Waals surface area contributed by atoms with E-state index < -0.39 is 10.0 Å². The summed E-state index contributed by atoms with van der Waals surface area (Å²) in [6.45, 7) is 2.45. The summed E-state index contributed by atoms with van der Waals surface area (Å²) >= 11 is 0. The first kappa shape index (κ1) is 22.6. The van der Waals surface area contributed by atoms with Crippen molar-refractivity contribution >= 4 is 21.6 Å². The molecule has 1 atom stereocenters. The minimum absolute atomic E-state index is 0.0270. The molecular weight excluding hydrogens is 426 g/mol. The Morgan fingerprint density at radius 2 is 1.66 bits per heavy atom. The van der Waals surface area contributed by atoms with E-state index in [1.165, 1.54) is 4.31 Å². The van der Waals surface area contributed by atoms with Gasteiger partial charge >= 0.3 is 0 Å². The van der Waals surface area contributed by atoms with E-state index in [1.807, 2.05) is 12.1 Å². The second-order valence-corrected chi connectivity index (χ2v) is 10.4. The quantitative estimate of drug-likeness (QED) is 0.722. The van der Waals surface area contributed by atoms with Crippen LogP contribution in [0.15, 0.2) is 59.5 Å². The highest BCUT2D eigenvalue weighted by Gasteiger charge is 2.34. The predicted octanol–water partition coefficient (Wildman–Crippen LogP) is 2.88. The summed E-state index contributed by atoms with van der Waals surface area (Å²) < 4.78 is 32.6. The summed E-state index contributed by atoms with van der Waals surface area (Å²) in [6, 6.07) is 16.6. The molecule has 1 N–H and O–H groups in total. The van der Waals surface area contributed by atoms with Crippen LogP contribution in [0.5, 0.6) is 5.75 Å². The molecule has 172 valence electrons. The monoisotopic (exact) mass is 457 g/mol. The van der Waals surface area contributed by atoms with Gasteiger partial charge in [-0.25, -0.2) is 8.42 Å². The molecule has 1 unspecified atom stereocenters. The molecule has 1 amide bonds. The third-order valence-corrected chi connectivity index (χ3v) is 8.29. The number of hydrogen-bond acceptors (Lipinski definition) is 5. The molecule has 4 rings (SSSR count). The zero-order valence-electron chi connectivity index (χ0n) is 18.4. The largest absolute Gasteiger partial charge is 0.497 e. The highest BCUT2D eigenvalue weighted by atomic mass is 32.2. The molecule has 2 aromatic carbocycles. The maximum atomic E-state index is 12.9. The lowest BCUT2D eigenvalue weighted by atomic mass is 9.97. The van der Waals surface area contributed by atoms with Gasteiger partial charge in [0.05, 0.1) is 17.9 Å². The van der Waals surface area contributed by atoms with Crippen molar-refractivity contribution in [3.63, 3.8) is 0 Å². The van der Waals surface area contributed by atoms with Crippen LogP contribution in [-0.2, 0) is 14.8 Å². The number of nitrogens with zero attached hydrogens (tertiary/aromatic N) is 2. The van der Waals surface area contributed by atoms with Gasteiger partial charge in [-0.15, -0.1) is 0 Å². The van der Waals surface area contributed by atoms with Gasteiger partial charge in [0.25, 0.3) is 0 Å². The number of sulfonamides is 1. The third-order valence-electron chi connectivity index (χ3n) is 6.41. The van der Waals surface area contributed by atoms with Gasteiger partial charge in [-0.05, 0) is 62.1 Å². The molecule has 7 nitrogen and oxygen atoms in total. The molecule has 0 aromatic heterocycles. The Hall–Kier alpha value is -2.58. The summed E-state index contributed by atoms with van der Waals surface area (Å²) in [6.07, 6.45) is 3.16. The van der Waals surface area contributed by atoms with Crippen LogP contribution in [0.2, 0.25) is 0 Å². The van der Waals surface area contributed by atoms with Crippen LogP contribution < -0.4 is 15.0 Å². The lowest BCUT2D eigenvalue weighted by molar-refractivity contribution is -0.126. The molecule has 0 bridgehead atoms. The number of nitrogens with one attached hydrogen (secondary N) is 1. The molecule has 2 aliphatic heterocycles. The van der Waals surface area contributed by atoms with E-state index in [9.17, 15) is 13.2 Å². The number of amides is 1. The SMILES string of the molecule is COc1ccc(N2CCC(NC(=O)C3CCCN(S(=O)(=O)c4ccccc4)C3)CC2)cc1. The van der Waals surface area contributed by atoms with E-state index in [2.05, 4.69) is 22.3 Å². The lowest BCUT2D eigenvalue weighted by Crippen LogP contribution is -2.50. The van der Waals surface area contributed by atoms with Crippen molar-refractivity contribution in [2.45, 2.75) is 36.6 Å². The van der Waals surface area contributed by atoms with Gasteiger partial charge in [-0.1, -0.05) is 18.2 Å². The second-order valence-electron chi connectivity index (χ2n) is 8.48. The number of anilines is 1. The first-order chi connectivity index (χ1) is 15.5. The molecule has 2 fully saturated rings. The van der Waals surface area contributed by atoms with Crippen LogP contribution in [0.3, 0.4) is 0 Å². The number of piperidine rings is 2. The highest BCUT2D eigenvalue weighted by Crippen LogP contribution is 2.26. The Balaban J connectivity index is 1.30. The minimum atomic E-state index is -3.57. The molecule has 0 saturated carbocycles. The number of ether oxygens (including phenoxy) is 1. The lowest BCUT2D eigenvalue weighted by Gasteiger charge is -2.36. The molecule has 2 saturated heterocycles. The molecule has 8 heteroatoms. The zero-order valence-corrected chi connectivity index (χ0v) is 19.3. The van der Waals surface area contributed by atoms with Crippen molar-refractivity contribution < 1.29 is 17.9 Å². The molecule has 2 aromatic rings. The Morgan fingerprint density at radius 1 is 0.969 bits per heavy atom. The Bertz CT molecular complexity index is 1000. The van der Waals surface area contributed by atoms with E-state index in [1.54, 1.807) is 37.4 Å². The van der Waals surface area contributed by atoms with Crippen molar-refractivity contribution in [2.24, 2.45) is 5.92 Å². The molecule has 2 aliphatic rings.